The van der Waals surface area contributed by atoms with Crippen molar-refractivity contribution in [3.63, 3.8) is 0 Å². The van der Waals surface area contributed by atoms with E-state index in [9.17, 15) is 22.0 Å². The van der Waals surface area contributed by atoms with Gasteiger partial charge in [-0.2, -0.15) is 13.2 Å². The highest BCUT2D eigenvalue weighted by molar-refractivity contribution is 5.49. The molecular formula is C40H49F6N5O. The van der Waals surface area contributed by atoms with Gasteiger partial charge in [0, 0.05) is 62.7 Å². The Labute approximate surface area is 302 Å². The van der Waals surface area contributed by atoms with Gasteiger partial charge in [-0.1, -0.05) is 19.9 Å². The first-order valence-corrected chi connectivity index (χ1v) is 18.8. The molecule has 0 N–H and O–H groups in total. The van der Waals surface area contributed by atoms with E-state index in [-0.39, 0.29) is 48.2 Å². The fourth-order valence-corrected chi connectivity index (χ4v) is 8.77. The van der Waals surface area contributed by atoms with Crippen LogP contribution in [0.2, 0.25) is 0 Å². The van der Waals surface area contributed by atoms with E-state index in [2.05, 4.69) is 40.7 Å². The molecule has 4 heterocycles. The highest BCUT2D eigenvalue weighted by Crippen LogP contribution is 2.48. The molecule has 6 nitrogen and oxygen atoms in total. The Bertz CT molecular complexity index is 1720. The van der Waals surface area contributed by atoms with Crippen LogP contribution in [0.4, 0.5) is 32.3 Å². The van der Waals surface area contributed by atoms with Crippen LogP contribution in [0.5, 0.6) is 5.75 Å². The molecule has 3 fully saturated rings. The predicted octanol–water partition coefficient (Wildman–Crippen LogP) is 9.29. The standard InChI is InChI=1S/C40H49F6N5O/c1-38(2)13-8-31-34(22-38)49-36(26-9-18-51(19-10-26)37-47-23-30(24-48-37)52-29-11-16-50(3)17-12-29)32(35(31)25-6-14-39(42,43)15-7-25)20-27-4-5-28(21-33(27)41)40(44,45)46/h4-5,21,23-26,29H,6-20,22H2,1-3H3. The number of nitrogens with zero attached hydrogens (tertiary/aromatic N) is 5. The Morgan fingerprint density at radius 3 is 2.19 bits per heavy atom. The molecule has 0 atom stereocenters. The smallest absolute Gasteiger partial charge is 0.416 e. The van der Waals surface area contributed by atoms with Gasteiger partial charge < -0.3 is 14.5 Å². The van der Waals surface area contributed by atoms with Crippen molar-refractivity contribution in [2.75, 3.05) is 38.1 Å². The summed E-state index contributed by atoms with van der Waals surface area (Å²) in [6.45, 7) is 7.73. The van der Waals surface area contributed by atoms with Crippen molar-refractivity contribution in [1.29, 1.82) is 0 Å². The number of aromatic nitrogens is 3. The summed E-state index contributed by atoms with van der Waals surface area (Å²) in [5.41, 5.74) is 3.85. The molecule has 0 radical (unpaired) electrons. The Kier molecular flexibility index (Phi) is 10.3. The number of alkyl halides is 5. The molecule has 0 unspecified atom stereocenters. The highest BCUT2D eigenvalue weighted by Gasteiger charge is 2.40. The molecule has 2 aromatic heterocycles. The third kappa shape index (κ3) is 8.21. The minimum absolute atomic E-state index is 0.00470. The molecule has 2 aliphatic carbocycles. The number of benzene rings is 1. The van der Waals surface area contributed by atoms with E-state index in [0.717, 1.165) is 92.2 Å². The van der Waals surface area contributed by atoms with Gasteiger partial charge in [-0.05, 0) is 111 Å². The summed E-state index contributed by atoms with van der Waals surface area (Å²) < 4.78 is 91.1. The first-order valence-electron chi connectivity index (χ1n) is 18.8. The number of hydrogen-bond donors (Lipinski definition) is 0. The zero-order valence-corrected chi connectivity index (χ0v) is 30.3. The first kappa shape index (κ1) is 36.9. The number of hydrogen-bond acceptors (Lipinski definition) is 6. The van der Waals surface area contributed by atoms with Crippen molar-refractivity contribution in [3.8, 4) is 5.75 Å². The number of rotatable bonds is 7. The van der Waals surface area contributed by atoms with Crippen molar-refractivity contribution in [2.45, 2.75) is 121 Å². The SMILES string of the molecule is CN1CCC(Oc2cnc(N3CCC(c4nc5c(c(C6CCC(F)(F)CC6)c4Cc4ccc(C(F)(F)F)cc4F)CCC(C)(C)C5)CC3)nc2)CC1. The van der Waals surface area contributed by atoms with Crippen LogP contribution < -0.4 is 9.64 Å². The maximum atomic E-state index is 15.5. The van der Waals surface area contributed by atoms with Crippen LogP contribution in [0.25, 0.3) is 0 Å². The van der Waals surface area contributed by atoms with Crippen LogP contribution in [-0.2, 0) is 25.4 Å². The molecule has 1 saturated carbocycles. The van der Waals surface area contributed by atoms with Gasteiger partial charge in [0.1, 0.15) is 11.9 Å². The third-order valence-corrected chi connectivity index (χ3v) is 11.9. The molecule has 7 rings (SSSR count). The van der Waals surface area contributed by atoms with E-state index in [1.54, 1.807) is 12.4 Å². The van der Waals surface area contributed by atoms with Crippen molar-refractivity contribution in [1.82, 2.24) is 19.9 Å². The van der Waals surface area contributed by atoms with Crippen LogP contribution in [0.3, 0.4) is 0 Å². The summed E-state index contributed by atoms with van der Waals surface area (Å²) in [5, 5.41) is 0. The minimum atomic E-state index is -4.67. The molecule has 282 valence electrons. The van der Waals surface area contributed by atoms with Crippen molar-refractivity contribution in [3.05, 3.63) is 75.6 Å². The molecule has 12 heteroatoms. The Balaban J connectivity index is 1.19. The van der Waals surface area contributed by atoms with Gasteiger partial charge in [0.15, 0.2) is 5.75 Å². The summed E-state index contributed by atoms with van der Waals surface area (Å²) in [7, 11) is 2.11. The normalized spacial score (nSPS) is 22.0. The minimum Gasteiger partial charge on any atom is -0.487 e. The van der Waals surface area contributed by atoms with Crippen LogP contribution >= 0.6 is 0 Å². The number of halogens is 6. The first-order chi connectivity index (χ1) is 24.6. The lowest BCUT2D eigenvalue weighted by molar-refractivity contribution is -0.137. The lowest BCUT2D eigenvalue weighted by Gasteiger charge is -2.39. The van der Waals surface area contributed by atoms with Crippen LogP contribution in [0, 0.1) is 11.2 Å². The lowest BCUT2D eigenvalue weighted by atomic mass is 9.69. The van der Waals surface area contributed by atoms with E-state index in [0.29, 0.717) is 43.7 Å². The van der Waals surface area contributed by atoms with Crippen molar-refractivity contribution < 1.29 is 31.1 Å². The Hall–Kier alpha value is -3.41. The summed E-state index contributed by atoms with van der Waals surface area (Å²) >= 11 is 0. The molecule has 2 aliphatic heterocycles. The van der Waals surface area contributed by atoms with Crippen LogP contribution in [0.1, 0.15) is 123 Å². The van der Waals surface area contributed by atoms with Gasteiger partial charge in [-0.15, -0.1) is 0 Å². The third-order valence-electron chi connectivity index (χ3n) is 11.9. The molecule has 0 spiro atoms. The topological polar surface area (TPSA) is 54.4 Å². The molecule has 2 saturated heterocycles. The summed E-state index contributed by atoms with van der Waals surface area (Å²) in [5.74, 6) is -2.52. The van der Waals surface area contributed by atoms with E-state index in [1.165, 1.54) is 6.07 Å². The summed E-state index contributed by atoms with van der Waals surface area (Å²) in [6.07, 6.45) is 4.95. The molecule has 0 amide bonds. The van der Waals surface area contributed by atoms with Crippen molar-refractivity contribution >= 4 is 5.95 Å². The Morgan fingerprint density at radius 1 is 0.885 bits per heavy atom. The number of ether oxygens (including phenoxy) is 1. The lowest BCUT2D eigenvalue weighted by Crippen LogP contribution is -2.36. The second-order valence-electron chi connectivity index (χ2n) is 16.4. The van der Waals surface area contributed by atoms with Crippen LogP contribution in [-0.4, -0.2) is 65.1 Å². The number of pyridine rings is 1. The maximum Gasteiger partial charge on any atom is 0.416 e. The summed E-state index contributed by atoms with van der Waals surface area (Å²) in [4.78, 5) is 19.0. The number of anilines is 1. The van der Waals surface area contributed by atoms with Gasteiger partial charge in [-0.3, -0.25) is 4.98 Å². The largest absolute Gasteiger partial charge is 0.487 e. The van der Waals surface area contributed by atoms with Gasteiger partial charge in [0.05, 0.1) is 18.0 Å². The molecule has 0 bridgehead atoms. The zero-order valence-electron chi connectivity index (χ0n) is 30.3. The average Bonchev–Trinajstić information content (AvgIpc) is 3.10. The zero-order chi connectivity index (χ0) is 36.8. The highest BCUT2D eigenvalue weighted by atomic mass is 19.4. The van der Waals surface area contributed by atoms with E-state index < -0.39 is 23.5 Å². The van der Waals surface area contributed by atoms with Gasteiger partial charge in [0.2, 0.25) is 11.9 Å². The predicted molar refractivity (Wildman–Crippen MR) is 188 cm³/mol. The quantitative estimate of drug-likeness (QED) is 0.226. The second kappa shape index (κ2) is 14.4. The molecule has 4 aliphatic rings. The maximum absolute atomic E-state index is 15.5. The van der Waals surface area contributed by atoms with Crippen molar-refractivity contribution in [2.24, 2.45) is 5.41 Å². The fraction of sp³-hybridized carbons (Fsp3) is 0.625. The van der Waals surface area contributed by atoms with Gasteiger partial charge >= 0.3 is 6.18 Å². The van der Waals surface area contributed by atoms with Gasteiger partial charge in [0.25, 0.3) is 0 Å². The average molecular weight is 730 g/mol. The summed E-state index contributed by atoms with van der Waals surface area (Å²) in [6, 6.07) is 2.71. The molecular weight excluding hydrogens is 680 g/mol. The fourth-order valence-electron chi connectivity index (χ4n) is 8.77. The van der Waals surface area contributed by atoms with Gasteiger partial charge in [-0.25, -0.2) is 23.1 Å². The Morgan fingerprint density at radius 2 is 1.56 bits per heavy atom. The molecule has 3 aromatic rings. The molecule has 1 aromatic carbocycles. The molecule has 52 heavy (non-hydrogen) atoms. The number of likely N-dealkylation sites (tertiary alicyclic amines) is 1. The monoisotopic (exact) mass is 729 g/mol. The van der Waals surface area contributed by atoms with E-state index in [1.807, 2.05) is 0 Å². The van der Waals surface area contributed by atoms with E-state index >= 15 is 4.39 Å². The van der Waals surface area contributed by atoms with E-state index in [4.69, 9.17) is 9.72 Å². The van der Waals surface area contributed by atoms with Crippen LogP contribution in [0.15, 0.2) is 30.6 Å². The number of piperidine rings is 2. The second-order valence-corrected chi connectivity index (χ2v) is 16.4. The number of fused-ring (bicyclic) bond motifs is 1.